The van der Waals surface area contributed by atoms with E-state index in [0.717, 1.165) is 26.0 Å². The summed E-state index contributed by atoms with van der Waals surface area (Å²) in [6.07, 6.45) is 2.21. The smallest absolute Gasteiger partial charge is 0.210 e. The second-order valence-electron chi connectivity index (χ2n) is 4.78. The number of carbonyl (C=O) groups is 1. The quantitative estimate of drug-likeness (QED) is 0.706. The molecule has 3 fully saturated rings. The number of nitrogens with zero attached hydrogens (tertiary/aromatic N) is 2. The lowest BCUT2D eigenvalue weighted by Crippen LogP contribution is -2.67. The number of hydrogen-bond donors (Lipinski definition) is 0. The topological polar surface area (TPSA) is 23.6 Å². The van der Waals surface area contributed by atoms with Gasteiger partial charge in [-0.25, -0.2) is 0 Å². The monoisotopic (exact) mass is 216 g/mol. The van der Waals surface area contributed by atoms with Crippen LogP contribution in [0, 0.1) is 0 Å². The minimum atomic E-state index is 0.472. The zero-order chi connectivity index (χ0) is 11.0. The van der Waals surface area contributed by atoms with E-state index in [9.17, 15) is 4.79 Å². The maximum atomic E-state index is 10.8. The third-order valence-corrected chi connectivity index (χ3v) is 3.70. The predicted octanol–water partition coefficient (Wildman–Crippen LogP) is 1.10. The van der Waals surface area contributed by atoms with Crippen LogP contribution in [-0.4, -0.2) is 41.4 Å². The molecule has 0 N–H and O–H groups in total. The van der Waals surface area contributed by atoms with Crippen molar-refractivity contribution in [2.24, 2.45) is 0 Å². The molecule has 3 saturated heterocycles. The van der Waals surface area contributed by atoms with E-state index in [4.69, 9.17) is 0 Å². The van der Waals surface area contributed by atoms with Crippen LogP contribution in [0.5, 0.6) is 0 Å². The first-order valence-corrected chi connectivity index (χ1v) is 5.86. The first-order valence-electron chi connectivity index (χ1n) is 5.86. The van der Waals surface area contributed by atoms with Crippen molar-refractivity contribution in [2.45, 2.75) is 25.0 Å². The van der Waals surface area contributed by atoms with Crippen LogP contribution in [0.1, 0.15) is 12.0 Å². The normalized spacial score (nSPS) is 28.6. The summed E-state index contributed by atoms with van der Waals surface area (Å²) < 4.78 is 0. The third-order valence-electron chi connectivity index (χ3n) is 3.70. The van der Waals surface area contributed by atoms with Crippen molar-refractivity contribution in [3.63, 3.8) is 0 Å². The number of piperidine rings is 1. The maximum absolute atomic E-state index is 10.8. The molecule has 3 aliphatic rings. The largest absolute Gasteiger partial charge is 0.337 e. The molecule has 3 aliphatic heterocycles. The predicted molar refractivity (Wildman–Crippen MR) is 61.8 cm³/mol. The Labute approximate surface area is 95.7 Å². The van der Waals surface area contributed by atoms with Gasteiger partial charge < -0.3 is 4.90 Å². The number of rotatable bonds is 3. The minimum absolute atomic E-state index is 0.472. The molecule has 0 spiro atoms. The summed E-state index contributed by atoms with van der Waals surface area (Å²) in [6.45, 7) is 3.08. The second-order valence-corrected chi connectivity index (χ2v) is 4.78. The van der Waals surface area contributed by atoms with Crippen LogP contribution in [0.4, 0.5) is 0 Å². The van der Waals surface area contributed by atoms with E-state index < -0.39 is 0 Å². The van der Waals surface area contributed by atoms with Gasteiger partial charge >= 0.3 is 0 Å². The van der Waals surface area contributed by atoms with Gasteiger partial charge in [0.1, 0.15) is 0 Å². The summed E-state index contributed by atoms with van der Waals surface area (Å²) >= 11 is 0. The molecule has 0 aromatic heterocycles. The van der Waals surface area contributed by atoms with Crippen molar-refractivity contribution in [1.82, 2.24) is 9.80 Å². The Balaban J connectivity index is 1.61. The van der Waals surface area contributed by atoms with Crippen molar-refractivity contribution in [1.29, 1.82) is 0 Å². The van der Waals surface area contributed by atoms with Crippen molar-refractivity contribution >= 4 is 6.41 Å². The average molecular weight is 216 g/mol. The first-order chi connectivity index (χ1) is 7.86. The van der Waals surface area contributed by atoms with Gasteiger partial charge in [-0.05, 0) is 12.0 Å². The molecule has 0 saturated carbocycles. The van der Waals surface area contributed by atoms with E-state index in [-0.39, 0.29) is 0 Å². The molecule has 2 bridgehead atoms. The van der Waals surface area contributed by atoms with Crippen molar-refractivity contribution in [3.05, 3.63) is 35.9 Å². The molecular formula is C13H16N2O. The van der Waals surface area contributed by atoms with E-state index in [1.165, 1.54) is 12.0 Å². The second kappa shape index (κ2) is 3.91. The van der Waals surface area contributed by atoms with Crippen LogP contribution in [0.25, 0.3) is 0 Å². The molecule has 84 valence electrons. The van der Waals surface area contributed by atoms with Gasteiger partial charge in [-0.15, -0.1) is 0 Å². The molecule has 0 aliphatic carbocycles. The lowest BCUT2D eigenvalue weighted by Gasteiger charge is -2.54. The summed E-state index contributed by atoms with van der Waals surface area (Å²) in [7, 11) is 0. The highest BCUT2D eigenvalue weighted by Crippen LogP contribution is 2.31. The van der Waals surface area contributed by atoms with Crippen molar-refractivity contribution in [2.75, 3.05) is 13.1 Å². The van der Waals surface area contributed by atoms with Crippen LogP contribution in [-0.2, 0) is 11.3 Å². The van der Waals surface area contributed by atoms with E-state index in [1.54, 1.807) is 0 Å². The van der Waals surface area contributed by atoms with Crippen LogP contribution in [0.15, 0.2) is 30.3 Å². The molecular weight excluding hydrogens is 200 g/mol. The Morgan fingerprint density at radius 2 is 1.88 bits per heavy atom. The zero-order valence-corrected chi connectivity index (χ0v) is 9.25. The van der Waals surface area contributed by atoms with Crippen LogP contribution >= 0.6 is 0 Å². The lowest BCUT2D eigenvalue weighted by molar-refractivity contribution is -0.139. The third kappa shape index (κ3) is 1.61. The highest BCUT2D eigenvalue weighted by molar-refractivity contribution is 5.51. The van der Waals surface area contributed by atoms with Crippen LogP contribution in [0.2, 0.25) is 0 Å². The number of hydrogen-bond acceptors (Lipinski definition) is 2. The molecule has 4 rings (SSSR count). The van der Waals surface area contributed by atoms with E-state index in [2.05, 4.69) is 29.2 Å². The molecule has 1 aromatic carbocycles. The fraction of sp³-hybridized carbons (Fsp3) is 0.462. The number of piperazine rings is 1. The van der Waals surface area contributed by atoms with Crippen molar-refractivity contribution in [3.8, 4) is 0 Å². The number of amides is 1. The van der Waals surface area contributed by atoms with E-state index >= 15 is 0 Å². The van der Waals surface area contributed by atoms with Gasteiger partial charge in [0.15, 0.2) is 0 Å². The summed E-state index contributed by atoms with van der Waals surface area (Å²) in [5.74, 6) is 0. The van der Waals surface area contributed by atoms with Gasteiger partial charge in [-0.3, -0.25) is 9.69 Å². The Kier molecular flexibility index (Phi) is 2.40. The summed E-state index contributed by atoms with van der Waals surface area (Å²) in [5, 5.41) is 0. The van der Waals surface area contributed by atoms with Crippen molar-refractivity contribution < 1.29 is 4.79 Å². The highest BCUT2D eigenvalue weighted by Gasteiger charge is 2.43. The van der Waals surface area contributed by atoms with Gasteiger partial charge in [0, 0.05) is 31.7 Å². The Hall–Kier alpha value is -1.35. The molecule has 16 heavy (non-hydrogen) atoms. The number of benzene rings is 1. The van der Waals surface area contributed by atoms with Gasteiger partial charge in [0.2, 0.25) is 6.41 Å². The van der Waals surface area contributed by atoms with Gasteiger partial charge in [-0.2, -0.15) is 0 Å². The summed E-state index contributed by atoms with van der Waals surface area (Å²) in [4.78, 5) is 15.2. The first kappa shape index (κ1) is 9.85. The molecule has 3 heteroatoms. The molecule has 3 heterocycles. The summed E-state index contributed by atoms with van der Waals surface area (Å²) in [5.41, 5.74) is 1.36. The Bertz CT molecular complexity index is 367. The SMILES string of the molecule is O=CN1[C@@H]2C[C@H]1CN(Cc1ccccc1)C2. The van der Waals surface area contributed by atoms with E-state index in [0.29, 0.717) is 12.1 Å². The molecule has 1 aromatic rings. The number of carbonyl (C=O) groups excluding carboxylic acids is 1. The molecule has 2 atom stereocenters. The zero-order valence-electron chi connectivity index (χ0n) is 9.25. The number of fused-ring (bicyclic) bond motifs is 2. The molecule has 3 nitrogen and oxygen atoms in total. The average Bonchev–Trinajstić information content (AvgIpc) is 2.31. The van der Waals surface area contributed by atoms with E-state index in [1.807, 2.05) is 11.0 Å². The highest BCUT2D eigenvalue weighted by atomic mass is 16.1. The standard InChI is InChI=1S/C13H16N2O/c16-10-15-12-6-13(15)9-14(8-12)7-11-4-2-1-3-5-11/h1-5,10,12-13H,6-9H2/t12-,13+. The molecule has 0 unspecified atom stereocenters. The summed E-state index contributed by atoms with van der Waals surface area (Å²) in [6, 6.07) is 11.5. The fourth-order valence-electron chi connectivity index (χ4n) is 2.87. The van der Waals surface area contributed by atoms with Gasteiger partial charge in [0.05, 0.1) is 0 Å². The van der Waals surface area contributed by atoms with Gasteiger partial charge in [0.25, 0.3) is 0 Å². The van der Waals surface area contributed by atoms with Gasteiger partial charge in [-0.1, -0.05) is 30.3 Å². The molecule has 1 amide bonds. The lowest BCUT2D eigenvalue weighted by atomic mass is 9.88. The van der Waals surface area contributed by atoms with Crippen LogP contribution in [0.3, 0.4) is 0 Å². The Morgan fingerprint density at radius 1 is 1.19 bits per heavy atom. The maximum Gasteiger partial charge on any atom is 0.210 e. The Morgan fingerprint density at radius 3 is 2.50 bits per heavy atom. The minimum Gasteiger partial charge on any atom is -0.337 e. The fourth-order valence-corrected chi connectivity index (χ4v) is 2.87. The molecule has 0 radical (unpaired) electrons. The van der Waals surface area contributed by atoms with Crippen LogP contribution < -0.4 is 0 Å².